The molecule has 0 aliphatic heterocycles. The number of ether oxygens (including phenoxy) is 1. The van der Waals surface area contributed by atoms with Crippen LogP contribution in [0.4, 0.5) is 0 Å². The highest BCUT2D eigenvalue weighted by Crippen LogP contribution is 2.11. The molecular formula is C12H19NO2. The third-order valence-electron chi connectivity index (χ3n) is 2.20. The fourth-order valence-corrected chi connectivity index (χ4v) is 1.33. The molecule has 1 aromatic rings. The van der Waals surface area contributed by atoms with E-state index >= 15 is 0 Å². The Morgan fingerprint density at radius 3 is 2.93 bits per heavy atom. The summed E-state index contributed by atoms with van der Waals surface area (Å²) in [5.41, 5.74) is 1.19. The minimum Gasteiger partial charge on any atom is -0.497 e. The van der Waals surface area contributed by atoms with Gasteiger partial charge in [-0.2, -0.15) is 0 Å². The van der Waals surface area contributed by atoms with Crippen molar-refractivity contribution in [3.8, 4) is 5.75 Å². The first-order valence-corrected chi connectivity index (χ1v) is 5.24. The second kappa shape index (κ2) is 6.43. The fraction of sp³-hybridized carbons (Fsp3) is 0.500. The zero-order chi connectivity index (χ0) is 11.1. The van der Waals surface area contributed by atoms with Gasteiger partial charge in [0, 0.05) is 6.54 Å². The van der Waals surface area contributed by atoms with Crippen molar-refractivity contribution in [3.05, 3.63) is 29.8 Å². The minimum absolute atomic E-state index is 0.234. The van der Waals surface area contributed by atoms with Gasteiger partial charge in [0.1, 0.15) is 5.75 Å². The van der Waals surface area contributed by atoms with Gasteiger partial charge in [0.15, 0.2) is 0 Å². The summed E-state index contributed by atoms with van der Waals surface area (Å²) < 4.78 is 5.13. The molecule has 0 aromatic heterocycles. The summed E-state index contributed by atoms with van der Waals surface area (Å²) in [7, 11) is 1.67. The van der Waals surface area contributed by atoms with E-state index in [1.165, 1.54) is 5.56 Å². The Kier molecular flexibility index (Phi) is 5.15. The lowest BCUT2D eigenvalue weighted by molar-refractivity contribution is 0.183. The van der Waals surface area contributed by atoms with Crippen LogP contribution in [0.5, 0.6) is 5.75 Å². The standard InChI is InChI=1S/C12H19NO2/c1-10(14)6-7-13-9-11-4-3-5-12(8-11)15-2/h3-5,8,10,13-14H,6-7,9H2,1-2H3. The Bertz CT molecular complexity index is 287. The monoisotopic (exact) mass is 209 g/mol. The van der Waals surface area contributed by atoms with E-state index in [2.05, 4.69) is 11.4 Å². The van der Waals surface area contributed by atoms with Crippen molar-refractivity contribution < 1.29 is 9.84 Å². The summed E-state index contributed by atoms with van der Waals surface area (Å²) in [6, 6.07) is 7.97. The van der Waals surface area contributed by atoms with E-state index in [4.69, 9.17) is 9.84 Å². The normalized spacial score (nSPS) is 12.5. The number of nitrogens with one attached hydrogen (secondary N) is 1. The second-order valence-electron chi connectivity index (χ2n) is 3.67. The van der Waals surface area contributed by atoms with Gasteiger partial charge >= 0.3 is 0 Å². The zero-order valence-corrected chi connectivity index (χ0v) is 9.36. The number of rotatable bonds is 6. The van der Waals surface area contributed by atoms with E-state index in [-0.39, 0.29) is 6.10 Å². The van der Waals surface area contributed by atoms with Gasteiger partial charge < -0.3 is 15.2 Å². The third-order valence-corrected chi connectivity index (χ3v) is 2.20. The van der Waals surface area contributed by atoms with E-state index in [9.17, 15) is 0 Å². The summed E-state index contributed by atoms with van der Waals surface area (Å²) >= 11 is 0. The van der Waals surface area contributed by atoms with Crippen molar-refractivity contribution in [2.24, 2.45) is 0 Å². The van der Waals surface area contributed by atoms with Crippen molar-refractivity contribution in [2.75, 3.05) is 13.7 Å². The molecule has 0 saturated heterocycles. The lowest BCUT2D eigenvalue weighted by Gasteiger charge is -2.07. The van der Waals surface area contributed by atoms with Gasteiger partial charge in [-0.05, 0) is 37.6 Å². The number of hydrogen-bond donors (Lipinski definition) is 2. The molecule has 0 amide bonds. The molecule has 2 N–H and O–H groups in total. The maximum atomic E-state index is 9.07. The summed E-state index contributed by atoms with van der Waals surface area (Å²) in [4.78, 5) is 0. The Morgan fingerprint density at radius 1 is 1.47 bits per heavy atom. The van der Waals surface area contributed by atoms with E-state index in [0.29, 0.717) is 0 Å². The van der Waals surface area contributed by atoms with Crippen LogP contribution in [-0.4, -0.2) is 24.9 Å². The van der Waals surface area contributed by atoms with Crippen LogP contribution >= 0.6 is 0 Å². The summed E-state index contributed by atoms with van der Waals surface area (Å²) in [5, 5.41) is 12.3. The molecule has 0 spiro atoms. The van der Waals surface area contributed by atoms with Crippen molar-refractivity contribution in [1.29, 1.82) is 0 Å². The third kappa shape index (κ3) is 4.81. The Hall–Kier alpha value is -1.06. The molecule has 1 aromatic carbocycles. The van der Waals surface area contributed by atoms with Gasteiger partial charge in [-0.15, -0.1) is 0 Å². The zero-order valence-electron chi connectivity index (χ0n) is 9.36. The molecule has 15 heavy (non-hydrogen) atoms. The van der Waals surface area contributed by atoms with Gasteiger partial charge in [0.05, 0.1) is 13.2 Å². The number of aliphatic hydroxyl groups excluding tert-OH is 1. The van der Waals surface area contributed by atoms with Crippen LogP contribution in [0.25, 0.3) is 0 Å². The largest absolute Gasteiger partial charge is 0.497 e. The van der Waals surface area contributed by atoms with Crippen molar-refractivity contribution in [3.63, 3.8) is 0 Å². The van der Waals surface area contributed by atoms with E-state index in [1.807, 2.05) is 18.2 Å². The highest BCUT2D eigenvalue weighted by molar-refractivity contribution is 5.28. The van der Waals surface area contributed by atoms with Gasteiger partial charge in [-0.3, -0.25) is 0 Å². The first kappa shape index (κ1) is 12.0. The van der Waals surface area contributed by atoms with Gasteiger partial charge in [-0.1, -0.05) is 12.1 Å². The highest BCUT2D eigenvalue weighted by atomic mass is 16.5. The number of hydrogen-bond acceptors (Lipinski definition) is 3. The summed E-state index contributed by atoms with van der Waals surface area (Å²) in [5.74, 6) is 0.879. The predicted octanol–water partition coefficient (Wildman–Crippen LogP) is 1.56. The van der Waals surface area contributed by atoms with Crippen molar-refractivity contribution in [1.82, 2.24) is 5.32 Å². The van der Waals surface area contributed by atoms with Crippen LogP contribution < -0.4 is 10.1 Å². The van der Waals surface area contributed by atoms with Crippen LogP contribution in [-0.2, 0) is 6.54 Å². The van der Waals surface area contributed by atoms with Gasteiger partial charge in [-0.25, -0.2) is 0 Å². The lowest BCUT2D eigenvalue weighted by atomic mass is 10.2. The fourth-order valence-electron chi connectivity index (χ4n) is 1.33. The molecule has 0 saturated carbocycles. The molecule has 0 fully saturated rings. The first-order valence-electron chi connectivity index (χ1n) is 5.24. The van der Waals surface area contributed by atoms with Crippen LogP contribution in [0.2, 0.25) is 0 Å². The molecule has 3 nitrogen and oxygen atoms in total. The second-order valence-corrected chi connectivity index (χ2v) is 3.67. The average molecular weight is 209 g/mol. The van der Waals surface area contributed by atoms with Crippen molar-refractivity contribution in [2.45, 2.75) is 26.0 Å². The molecule has 1 rings (SSSR count). The number of aliphatic hydroxyl groups is 1. The van der Waals surface area contributed by atoms with Crippen LogP contribution in [0.3, 0.4) is 0 Å². The molecule has 0 heterocycles. The Morgan fingerprint density at radius 2 is 2.27 bits per heavy atom. The molecular weight excluding hydrogens is 190 g/mol. The van der Waals surface area contributed by atoms with Crippen LogP contribution in [0, 0.1) is 0 Å². The highest BCUT2D eigenvalue weighted by Gasteiger charge is 1.97. The first-order chi connectivity index (χ1) is 7.22. The molecule has 0 aliphatic rings. The molecule has 0 bridgehead atoms. The van der Waals surface area contributed by atoms with Gasteiger partial charge in [0.25, 0.3) is 0 Å². The van der Waals surface area contributed by atoms with Crippen LogP contribution in [0.1, 0.15) is 18.9 Å². The molecule has 0 radical (unpaired) electrons. The number of methoxy groups -OCH3 is 1. The maximum Gasteiger partial charge on any atom is 0.119 e. The average Bonchev–Trinajstić information content (AvgIpc) is 2.24. The lowest BCUT2D eigenvalue weighted by Crippen LogP contribution is -2.18. The van der Waals surface area contributed by atoms with Gasteiger partial charge in [0.2, 0.25) is 0 Å². The van der Waals surface area contributed by atoms with E-state index in [0.717, 1.165) is 25.3 Å². The molecule has 1 atom stereocenters. The molecule has 0 aliphatic carbocycles. The van der Waals surface area contributed by atoms with Crippen LogP contribution in [0.15, 0.2) is 24.3 Å². The smallest absolute Gasteiger partial charge is 0.119 e. The maximum absolute atomic E-state index is 9.07. The minimum atomic E-state index is -0.234. The molecule has 3 heteroatoms. The Labute approximate surface area is 91.1 Å². The summed E-state index contributed by atoms with van der Waals surface area (Å²) in [6.07, 6.45) is 0.548. The number of benzene rings is 1. The molecule has 1 unspecified atom stereocenters. The molecule has 84 valence electrons. The quantitative estimate of drug-likeness (QED) is 0.699. The summed E-state index contributed by atoms with van der Waals surface area (Å²) in [6.45, 7) is 3.44. The van der Waals surface area contributed by atoms with E-state index < -0.39 is 0 Å². The SMILES string of the molecule is COc1cccc(CNCCC(C)O)c1. The predicted molar refractivity (Wildman–Crippen MR) is 61.0 cm³/mol. The topological polar surface area (TPSA) is 41.5 Å². The Balaban J connectivity index is 2.30. The van der Waals surface area contributed by atoms with Crippen molar-refractivity contribution >= 4 is 0 Å². The van der Waals surface area contributed by atoms with E-state index in [1.54, 1.807) is 14.0 Å².